The van der Waals surface area contributed by atoms with Crippen LogP contribution in [0.25, 0.3) is 12.2 Å². The SMILES string of the molecule is Oc1c(C=c2ccc3c(c2)C=CN=3)sc(=Nc2ccccc2)n1Cc1ccccc1. The smallest absolute Gasteiger partial charge is 0.211 e. The fourth-order valence-corrected chi connectivity index (χ4v) is 4.39. The maximum absolute atomic E-state index is 11.1. The summed E-state index contributed by atoms with van der Waals surface area (Å²) in [5.74, 6) is 0.222. The van der Waals surface area contributed by atoms with E-state index in [-0.39, 0.29) is 5.88 Å². The van der Waals surface area contributed by atoms with Crippen LogP contribution in [0, 0.1) is 0 Å². The first kappa shape index (κ1) is 18.3. The van der Waals surface area contributed by atoms with Gasteiger partial charge in [0.05, 0.1) is 22.5 Å². The van der Waals surface area contributed by atoms with E-state index in [1.807, 2.05) is 83.6 Å². The molecule has 4 aromatic rings. The number of fused-ring (bicyclic) bond motifs is 1. The molecule has 1 aliphatic heterocycles. The predicted octanol–water partition coefficient (Wildman–Crippen LogP) is 3.97. The van der Waals surface area contributed by atoms with Gasteiger partial charge in [0.1, 0.15) is 0 Å². The fraction of sp³-hybridized carbons (Fsp3) is 0.0400. The molecule has 4 nitrogen and oxygen atoms in total. The Morgan fingerprint density at radius 1 is 0.967 bits per heavy atom. The standard InChI is InChI=1S/C25H19N3OS/c29-24-23(16-19-11-12-22-20(15-19)13-14-26-22)30-25(27-21-9-5-2-6-10-21)28(24)17-18-7-3-1-4-8-18/h1-16,29H,17H2. The third-order valence-electron chi connectivity index (χ3n) is 4.89. The summed E-state index contributed by atoms with van der Waals surface area (Å²) in [7, 11) is 0. The Balaban J connectivity index is 1.65. The van der Waals surface area contributed by atoms with Gasteiger partial charge in [0.25, 0.3) is 0 Å². The van der Waals surface area contributed by atoms with Crippen LogP contribution >= 0.6 is 11.3 Å². The fourth-order valence-electron chi connectivity index (χ4n) is 3.38. The lowest BCUT2D eigenvalue weighted by molar-refractivity contribution is 0.419. The zero-order valence-corrected chi connectivity index (χ0v) is 17.0. The van der Waals surface area contributed by atoms with Crippen LogP contribution in [-0.4, -0.2) is 9.67 Å². The van der Waals surface area contributed by atoms with Gasteiger partial charge < -0.3 is 5.11 Å². The summed E-state index contributed by atoms with van der Waals surface area (Å²) in [4.78, 5) is 10.6. The summed E-state index contributed by atoms with van der Waals surface area (Å²) in [6, 6.07) is 26.0. The summed E-state index contributed by atoms with van der Waals surface area (Å²) in [6.45, 7) is 0.550. The first-order valence-electron chi connectivity index (χ1n) is 9.69. The molecule has 0 atom stereocenters. The molecular weight excluding hydrogens is 390 g/mol. The van der Waals surface area contributed by atoms with Crippen molar-refractivity contribution in [3.05, 3.63) is 116 Å². The first-order valence-corrected chi connectivity index (χ1v) is 10.5. The highest BCUT2D eigenvalue weighted by atomic mass is 32.1. The highest BCUT2D eigenvalue weighted by Crippen LogP contribution is 2.23. The topological polar surface area (TPSA) is 49.9 Å². The molecule has 3 aromatic carbocycles. The monoisotopic (exact) mass is 409 g/mol. The van der Waals surface area contributed by atoms with Crippen molar-refractivity contribution in [1.29, 1.82) is 0 Å². The third kappa shape index (κ3) is 3.75. The van der Waals surface area contributed by atoms with E-state index in [1.54, 1.807) is 0 Å². The number of aromatic hydroxyl groups is 1. The van der Waals surface area contributed by atoms with Crippen molar-refractivity contribution in [2.75, 3.05) is 0 Å². The summed E-state index contributed by atoms with van der Waals surface area (Å²) in [5, 5.41) is 13.0. The van der Waals surface area contributed by atoms with Crippen molar-refractivity contribution in [2.24, 2.45) is 9.98 Å². The number of thiazole rings is 1. The molecule has 1 aromatic heterocycles. The molecule has 5 heteroatoms. The van der Waals surface area contributed by atoms with Gasteiger partial charge in [-0.05, 0) is 47.2 Å². The van der Waals surface area contributed by atoms with E-state index < -0.39 is 0 Å². The number of nitrogens with zero attached hydrogens (tertiary/aromatic N) is 3. The van der Waals surface area contributed by atoms with E-state index in [9.17, 15) is 5.11 Å². The predicted molar refractivity (Wildman–Crippen MR) is 121 cm³/mol. The number of hydrogen-bond donors (Lipinski definition) is 1. The zero-order chi connectivity index (χ0) is 20.3. The van der Waals surface area contributed by atoms with E-state index in [2.05, 4.69) is 23.2 Å². The molecule has 0 saturated heterocycles. The molecule has 0 fully saturated rings. The van der Waals surface area contributed by atoms with Crippen LogP contribution in [0.3, 0.4) is 0 Å². The summed E-state index contributed by atoms with van der Waals surface area (Å²) < 4.78 is 1.86. The molecule has 0 bridgehead atoms. The number of aromatic nitrogens is 1. The molecule has 0 radical (unpaired) electrons. The van der Waals surface area contributed by atoms with Gasteiger partial charge in [-0.1, -0.05) is 65.9 Å². The van der Waals surface area contributed by atoms with Crippen LogP contribution < -0.4 is 15.4 Å². The summed E-state index contributed by atoms with van der Waals surface area (Å²) >= 11 is 1.48. The van der Waals surface area contributed by atoms with Gasteiger partial charge in [0.15, 0.2) is 4.80 Å². The van der Waals surface area contributed by atoms with Gasteiger partial charge in [-0.2, -0.15) is 0 Å². The average Bonchev–Trinajstić information content (AvgIpc) is 3.35. The van der Waals surface area contributed by atoms with E-state index in [4.69, 9.17) is 4.99 Å². The van der Waals surface area contributed by atoms with Crippen LogP contribution in [0.4, 0.5) is 5.69 Å². The van der Waals surface area contributed by atoms with Crippen molar-refractivity contribution >= 4 is 29.2 Å². The molecule has 0 saturated carbocycles. The van der Waals surface area contributed by atoms with Gasteiger partial charge in [-0.25, -0.2) is 4.99 Å². The molecule has 0 spiro atoms. The lowest BCUT2D eigenvalue weighted by Crippen LogP contribution is -2.14. The lowest BCUT2D eigenvalue weighted by atomic mass is 10.2. The molecule has 30 heavy (non-hydrogen) atoms. The Hall–Kier alpha value is -3.70. The number of rotatable bonds is 4. The highest BCUT2D eigenvalue weighted by molar-refractivity contribution is 7.10. The van der Waals surface area contributed by atoms with E-state index >= 15 is 0 Å². The van der Waals surface area contributed by atoms with Gasteiger partial charge in [-0.3, -0.25) is 9.56 Å². The van der Waals surface area contributed by atoms with Crippen LogP contribution in [-0.2, 0) is 6.54 Å². The van der Waals surface area contributed by atoms with Crippen molar-refractivity contribution in [3.8, 4) is 5.88 Å². The van der Waals surface area contributed by atoms with Crippen molar-refractivity contribution in [3.63, 3.8) is 0 Å². The van der Waals surface area contributed by atoms with Gasteiger partial charge >= 0.3 is 0 Å². The molecule has 1 N–H and O–H groups in total. The van der Waals surface area contributed by atoms with E-state index in [1.165, 1.54) is 11.3 Å². The number of hydrogen-bond acceptors (Lipinski definition) is 4. The van der Waals surface area contributed by atoms with Crippen molar-refractivity contribution in [1.82, 2.24) is 4.57 Å². The van der Waals surface area contributed by atoms with Crippen LogP contribution in [0.1, 0.15) is 16.0 Å². The lowest BCUT2D eigenvalue weighted by Gasteiger charge is -2.05. The minimum atomic E-state index is 0.222. The number of para-hydroxylation sites is 1. The van der Waals surface area contributed by atoms with Crippen LogP contribution in [0.2, 0.25) is 0 Å². The maximum atomic E-state index is 11.1. The second-order valence-electron chi connectivity index (χ2n) is 7.00. The largest absolute Gasteiger partial charge is 0.493 e. The normalized spacial score (nSPS) is 13.5. The Kier molecular flexibility index (Phi) is 4.87. The number of benzene rings is 3. The second kappa shape index (κ2) is 7.97. The average molecular weight is 410 g/mol. The summed E-state index contributed by atoms with van der Waals surface area (Å²) in [5.41, 5.74) is 3.05. The van der Waals surface area contributed by atoms with Crippen LogP contribution in [0.15, 0.2) is 95.0 Å². The molecule has 5 rings (SSSR count). The minimum absolute atomic E-state index is 0.222. The molecule has 2 heterocycles. The van der Waals surface area contributed by atoms with Gasteiger partial charge in [0, 0.05) is 11.8 Å². The minimum Gasteiger partial charge on any atom is -0.493 e. The van der Waals surface area contributed by atoms with Crippen molar-refractivity contribution in [2.45, 2.75) is 6.54 Å². The Bertz CT molecular complexity index is 1410. The zero-order valence-electron chi connectivity index (χ0n) is 16.1. The third-order valence-corrected chi connectivity index (χ3v) is 5.90. The quantitative estimate of drug-likeness (QED) is 0.545. The first-order chi connectivity index (χ1) is 14.8. The van der Waals surface area contributed by atoms with Gasteiger partial charge in [-0.15, -0.1) is 0 Å². The second-order valence-corrected chi connectivity index (χ2v) is 8.01. The molecule has 146 valence electrons. The Morgan fingerprint density at radius 3 is 2.53 bits per heavy atom. The molecular formula is C25H19N3OS. The molecule has 1 aliphatic rings. The Morgan fingerprint density at radius 2 is 1.73 bits per heavy atom. The van der Waals surface area contributed by atoms with Crippen LogP contribution in [0.5, 0.6) is 5.88 Å². The highest BCUT2D eigenvalue weighted by Gasteiger charge is 2.12. The summed E-state index contributed by atoms with van der Waals surface area (Å²) in [6.07, 6.45) is 5.80. The molecule has 0 unspecified atom stereocenters. The molecule has 0 amide bonds. The molecule has 0 aliphatic carbocycles. The van der Waals surface area contributed by atoms with Gasteiger partial charge in [0.2, 0.25) is 5.88 Å². The maximum Gasteiger partial charge on any atom is 0.211 e. The van der Waals surface area contributed by atoms with E-state index in [0.717, 1.165) is 37.1 Å². The Labute approximate surface area is 177 Å². The van der Waals surface area contributed by atoms with Crippen molar-refractivity contribution < 1.29 is 5.11 Å². The van der Waals surface area contributed by atoms with E-state index in [0.29, 0.717) is 6.54 Å².